The summed E-state index contributed by atoms with van der Waals surface area (Å²) < 4.78 is 0. The van der Waals surface area contributed by atoms with Crippen LogP contribution in [0.3, 0.4) is 0 Å². The molecule has 0 aliphatic carbocycles. The molecule has 0 saturated carbocycles. The number of aryl methyl sites for hydroxylation is 2. The summed E-state index contributed by atoms with van der Waals surface area (Å²) in [5.74, 6) is -2.66. The lowest BCUT2D eigenvalue weighted by Gasteiger charge is -2.16. The van der Waals surface area contributed by atoms with E-state index in [1.165, 1.54) is 12.1 Å². The SMILES string of the molecule is Cc1c(C(=O)O)c(C(=O)c2ccccc2)c(C)c2cc(C(=O)O)ccc12. The molecule has 0 heterocycles. The number of hydrogen-bond acceptors (Lipinski definition) is 3. The predicted octanol–water partition coefficient (Wildman–Crippen LogP) is 4.08. The second kappa shape index (κ2) is 6.44. The molecule has 0 amide bonds. The maximum atomic E-state index is 13.0. The summed E-state index contributed by atoms with van der Waals surface area (Å²) in [5, 5.41) is 20.1. The molecule has 3 rings (SSSR count). The second-order valence-corrected chi connectivity index (χ2v) is 6.07. The standard InChI is InChI=1S/C21H16O5/c1-11-15-9-8-14(20(23)24)10-16(15)12(2)17(18(11)21(25)26)19(22)13-6-4-3-5-7-13/h3-10H,1-2H3,(H,23,24)(H,25,26). The Balaban J connectivity index is 2.41. The van der Waals surface area contributed by atoms with Crippen molar-refractivity contribution in [2.75, 3.05) is 0 Å². The third-order valence-corrected chi connectivity index (χ3v) is 4.55. The lowest BCUT2D eigenvalue weighted by atomic mass is 9.86. The van der Waals surface area contributed by atoms with E-state index in [1.54, 1.807) is 50.2 Å². The maximum Gasteiger partial charge on any atom is 0.336 e. The molecule has 0 saturated heterocycles. The molecule has 130 valence electrons. The molecule has 0 aliphatic rings. The number of carbonyl (C=O) groups is 3. The molecule has 0 aromatic heterocycles. The predicted molar refractivity (Wildman–Crippen MR) is 97.2 cm³/mol. The van der Waals surface area contributed by atoms with Crippen molar-refractivity contribution in [2.24, 2.45) is 0 Å². The first kappa shape index (κ1) is 17.4. The van der Waals surface area contributed by atoms with Crippen molar-refractivity contribution in [1.82, 2.24) is 0 Å². The topological polar surface area (TPSA) is 91.7 Å². The number of carboxylic acid groups (broad SMARTS) is 2. The average Bonchev–Trinajstić information content (AvgIpc) is 2.63. The summed E-state index contributed by atoms with van der Waals surface area (Å²) in [5.41, 5.74) is 1.41. The van der Waals surface area contributed by atoms with Gasteiger partial charge in [0.05, 0.1) is 11.1 Å². The molecule has 2 N–H and O–H groups in total. The Morgan fingerprint density at radius 3 is 1.88 bits per heavy atom. The Kier molecular flexibility index (Phi) is 4.30. The molecule has 0 unspecified atom stereocenters. The van der Waals surface area contributed by atoms with Crippen LogP contribution in [0.2, 0.25) is 0 Å². The Bertz CT molecular complexity index is 1060. The molecule has 0 radical (unpaired) electrons. The summed E-state index contributed by atoms with van der Waals surface area (Å²) in [7, 11) is 0. The monoisotopic (exact) mass is 348 g/mol. The summed E-state index contributed by atoms with van der Waals surface area (Å²) in [6, 6.07) is 12.9. The van der Waals surface area contributed by atoms with Gasteiger partial charge in [-0.15, -0.1) is 0 Å². The first-order chi connectivity index (χ1) is 12.3. The van der Waals surface area contributed by atoms with Crippen LogP contribution in [0, 0.1) is 13.8 Å². The Morgan fingerprint density at radius 2 is 1.31 bits per heavy atom. The molecule has 3 aromatic rings. The van der Waals surface area contributed by atoms with Gasteiger partial charge in [0, 0.05) is 11.1 Å². The lowest BCUT2D eigenvalue weighted by molar-refractivity contribution is 0.0684. The summed E-state index contributed by atoms with van der Waals surface area (Å²) in [6.45, 7) is 3.28. The second-order valence-electron chi connectivity index (χ2n) is 6.07. The summed E-state index contributed by atoms with van der Waals surface area (Å²) >= 11 is 0. The molecule has 5 heteroatoms. The van der Waals surface area contributed by atoms with E-state index < -0.39 is 17.7 Å². The lowest BCUT2D eigenvalue weighted by Crippen LogP contribution is -2.14. The third kappa shape index (κ3) is 2.73. The zero-order valence-corrected chi connectivity index (χ0v) is 14.2. The van der Waals surface area contributed by atoms with Crippen LogP contribution in [0.25, 0.3) is 10.8 Å². The fourth-order valence-corrected chi connectivity index (χ4v) is 3.24. The van der Waals surface area contributed by atoms with Crippen LogP contribution in [0.15, 0.2) is 48.5 Å². The van der Waals surface area contributed by atoms with E-state index in [-0.39, 0.29) is 16.7 Å². The van der Waals surface area contributed by atoms with E-state index in [0.717, 1.165) is 0 Å². The summed E-state index contributed by atoms with van der Waals surface area (Å²) in [6.07, 6.45) is 0. The zero-order chi connectivity index (χ0) is 19.0. The highest BCUT2D eigenvalue weighted by atomic mass is 16.4. The van der Waals surface area contributed by atoms with Crippen LogP contribution in [0.4, 0.5) is 0 Å². The number of ketones is 1. The zero-order valence-electron chi connectivity index (χ0n) is 14.2. The number of rotatable bonds is 4. The molecule has 3 aromatic carbocycles. The van der Waals surface area contributed by atoms with Gasteiger partial charge in [-0.1, -0.05) is 36.4 Å². The smallest absolute Gasteiger partial charge is 0.336 e. The van der Waals surface area contributed by atoms with Gasteiger partial charge >= 0.3 is 11.9 Å². The quantitative estimate of drug-likeness (QED) is 0.693. The van der Waals surface area contributed by atoms with Crippen molar-refractivity contribution in [3.63, 3.8) is 0 Å². The molecular weight excluding hydrogens is 332 g/mol. The molecule has 5 nitrogen and oxygen atoms in total. The van der Waals surface area contributed by atoms with Gasteiger partial charge in [0.15, 0.2) is 5.78 Å². The van der Waals surface area contributed by atoms with Crippen molar-refractivity contribution in [3.05, 3.63) is 81.9 Å². The number of benzene rings is 3. The maximum absolute atomic E-state index is 13.0. The van der Waals surface area contributed by atoms with Gasteiger partial charge in [0.1, 0.15) is 0 Å². The fraction of sp³-hybridized carbons (Fsp3) is 0.0952. The molecule has 0 atom stereocenters. The Morgan fingerprint density at radius 1 is 0.692 bits per heavy atom. The fourth-order valence-electron chi connectivity index (χ4n) is 3.24. The van der Waals surface area contributed by atoms with Crippen LogP contribution in [0.1, 0.15) is 47.8 Å². The van der Waals surface area contributed by atoms with E-state index in [4.69, 9.17) is 0 Å². The largest absolute Gasteiger partial charge is 0.478 e. The minimum Gasteiger partial charge on any atom is -0.478 e. The Labute approximate surface area is 149 Å². The van der Waals surface area contributed by atoms with Crippen LogP contribution >= 0.6 is 0 Å². The normalized spacial score (nSPS) is 10.7. The molecule has 0 fully saturated rings. The van der Waals surface area contributed by atoms with E-state index in [1.807, 2.05) is 0 Å². The molecule has 0 aliphatic heterocycles. The van der Waals surface area contributed by atoms with Crippen molar-refractivity contribution >= 4 is 28.5 Å². The first-order valence-corrected chi connectivity index (χ1v) is 7.96. The van der Waals surface area contributed by atoms with Crippen LogP contribution in [-0.4, -0.2) is 27.9 Å². The highest BCUT2D eigenvalue weighted by molar-refractivity contribution is 6.19. The van der Waals surface area contributed by atoms with Crippen LogP contribution in [-0.2, 0) is 0 Å². The van der Waals surface area contributed by atoms with Gasteiger partial charge < -0.3 is 10.2 Å². The van der Waals surface area contributed by atoms with E-state index in [2.05, 4.69) is 0 Å². The highest BCUT2D eigenvalue weighted by Gasteiger charge is 2.25. The van der Waals surface area contributed by atoms with Crippen molar-refractivity contribution in [2.45, 2.75) is 13.8 Å². The van der Waals surface area contributed by atoms with E-state index >= 15 is 0 Å². The minimum absolute atomic E-state index is 0.0491. The van der Waals surface area contributed by atoms with Crippen LogP contribution < -0.4 is 0 Å². The minimum atomic E-state index is -1.19. The molecular formula is C21H16O5. The molecule has 0 bridgehead atoms. The van der Waals surface area contributed by atoms with Gasteiger partial charge in [-0.25, -0.2) is 9.59 Å². The van der Waals surface area contributed by atoms with Crippen molar-refractivity contribution in [3.8, 4) is 0 Å². The number of aromatic carboxylic acids is 2. The number of carbonyl (C=O) groups excluding carboxylic acids is 1. The van der Waals surface area contributed by atoms with Gasteiger partial charge in [-0.2, -0.15) is 0 Å². The van der Waals surface area contributed by atoms with E-state index in [0.29, 0.717) is 27.5 Å². The van der Waals surface area contributed by atoms with E-state index in [9.17, 15) is 24.6 Å². The highest BCUT2D eigenvalue weighted by Crippen LogP contribution is 2.32. The molecule has 0 spiro atoms. The molecule has 26 heavy (non-hydrogen) atoms. The van der Waals surface area contributed by atoms with Gasteiger partial charge in [-0.3, -0.25) is 4.79 Å². The van der Waals surface area contributed by atoms with Gasteiger partial charge in [0.25, 0.3) is 0 Å². The summed E-state index contributed by atoms with van der Waals surface area (Å²) in [4.78, 5) is 36.2. The number of carboxylic acids is 2. The first-order valence-electron chi connectivity index (χ1n) is 7.96. The van der Waals surface area contributed by atoms with Crippen molar-refractivity contribution < 1.29 is 24.6 Å². The van der Waals surface area contributed by atoms with Gasteiger partial charge in [-0.05, 0) is 47.9 Å². The number of hydrogen-bond donors (Lipinski definition) is 2. The Hall–Kier alpha value is -3.47. The van der Waals surface area contributed by atoms with Gasteiger partial charge in [0.2, 0.25) is 0 Å². The average molecular weight is 348 g/mol. The van der Waals surface area contributed by atoms with Crippen LogP contribution in [0.5, 0.6) is 0 Å². The van der Waals surface area contributed by atoms with Crippen molar-refractivity contribution in [1.29, 1.82) is 0 Å². The third-order valence-electron chi connectivity index (χ3n) is 4.55. The number of fused-ring (bicyclic) bond motifs is 1.